The molecule has 1 heterocycles. The summed E-state index contributed by atoms with van der Waals surface area (Å²) in [5, 5.41) is 21.6. The van der Waals surface area contributed by atoms with Gasteiger partial charge >= 0.3 is 6.18 Å². The zero-order valence-electron chi connectivity index (χ0n) is 22.7. The number of para-hydroxylation sites is 1. The van der Waals surface area contributed by atoms with Crippen molar-refractivity contribution >= 4 is 28.9 Å². The van der Waals surface area contributed by atoms with Gasteiger partial charge in [-0.2, -0.15) is 23.3 Å². The molecule has 0 aliphatic carbocycles. The van der Waals surface area contributed by atoms with Crippen LogP contribution in [-0.2, 0) is 28.7 Å². The maximum Gasteiger partial charge on any atom is 0.418 e. The molecule has 0 spiro atoms. The molecule has 11 heteroatoms. The van der Waals surface area contributed by atoms with Gasteiger partial charge in [-0.3, -0.25) is 9.59 Å². The van der Waals surface area contributed by atoms with Gasteiger partial charge in [-0.05, 0) is 41.8 Å². The highest BCUT2D eigenvalue weighted by Crippen LogP contribution is 2.37. The van der Waals surface area contributed by atoms with Crippen LogP contribution in [0.4, 0.5) is 24.5 Å². The third kappa shape index (κ3) is 7.71. The molecule has 0 bridgehead atoms. The first-order valence-electron chi connectivity index (χ1n) is 13.1. The maximum absolute atomic E-state index is 13.5. The van der Waals surface area contributed by atoms with Gasteiger partial charge in [0.2, 0.25) is 0 Å². The molecule has 0 saturated carbocycles. The molecule has 0 radical (unpaired) electrons. The van der Waals surface area contributed by atoms with Crippen molar-refractivity contribution < 1.29 is 27.9 Å². The van der Waals surface area contributed by atoms with Gasteiger partial charge in [-0.1, -0.05) is 54.6 Å². The summed E-state index contributed by atoms with van der Waals surface area (Å²) in [7, 11) is 3.90. The lowest BCUT2D eigenvalue weighted by atomic mass is 10.0. The van der Waals surface area contributed by atoms with Crippen molar-refractivity contribution in [1.82, 2.24) is 10.6 Å². The van der Waals surface area contributed by atoms with E-state index >= 15 is 0 Å². The predicted octanol–water partition coefficient (Wildman–Crippen LogP) is 3.74. The number of alkyl halides is 3. The highest BCUT2D eigenvalue weighted by atomic mass is 19.4. The number of aliphatic hydroxyl groups is 1. The Morgan fingerprint density at radius 2 is 1.71 bits per heavy atom. The minimum absolute atomic E-state index is 0.153. The summed E-state index contributed by atoms with van der Waals surface area (Å²) in [5.74, 6) is -1.49. The van der Waals surface area contributed by atoms with Crippen molar-refractivity contribution in [2.45, 2.75) is 37.7 Å². The summed E-state index contributed by atoms with van der Waals surface area (Å²) in [4.78, 5) is 27.8. The van der Waals surface area contributed by atoms with E-state index in [9.17, 15) is 27.9 Å². The zero-order chi connectivity index (χ0) is 29.6. The van der Waals surface area contributed by atoms with E-state index in [1.165, 1.54) is 12.1 Å². The van der Waals surface area contributed by atoms with Gasteiger partial charge in [-0.25, -0.2) is 0 Å². The smallest absolute Gasteiger partial charge is 0.390 e. The standard InChI is InChI=1S/C30H32F3N5O3/c1-37(2)22-12-8-11-21(15-22)18-34-19-27(39)24(16-20-9-4-3-5-10-20)35-29(41)25-17-28(40)38(36-25)26-14-7-6-13-23(26)30(31,32)33/h3-15,24,27,34,39H,16-19H2,1-2H3,(H,35,41)/t24-,27+/m0/s1. The van der Waals surface area contributed by atoms with Crippen molar-refractivity contribution in [2.75, 3.05) is 30.5 Å². The Bertz CT molecular complexity index is 1400. The first-order valence-corrected chi connectivity index (χ1v) is 13.1. The van der Waals surface area contributed by atoms with Crippen LogP contribution in [0.15, 0.2) is 84.0 Å². The molecule has 0 fully saturated rings. The number of carbonyl (C=O) groups is 2. The second-order valence-corrected chi connectivity index (χ2v) is 9.98. The van der Waals surface area contributed by atoms with E-state index in [1.807, 2.05) is 73.6 Å². The Kier molecular flexibility index (Phi) is 9.41. The van der Waals surface area contributed by atoms with Crippen LogP contribution < -0.4 is 20.5 Å². The SMILES string of the molecule is CN(C)c1cccc(CNC[C@@H](O)[C@H](Cc2ccccc2)NC(=O)C2=NN(c3ccccc3C(F)(F)F)C(=O)C2)c1. The molecule has 3 aromatic rings. The number of nitrogens with one attached hydrogen (secondary N) is 2. The number of hydrogen-bond donors (Lipinski definition) is 3. The van der Waals surface area contributed by atoms with Gasteiger partial charge in [0.15, 0.2) is 0 Å². The highest BCUT2D eigenvalue weighted by molar-refractivity contribution is 6.44. The molecule has 4 rings (SSSR count). The van der Waals surface area contributed by atoms with E-state index in [2.05, 4.69) is 15.7 Å². The monoisotopic (exact) mass is 567 g/mol. The molecular formula is C30H32F3N5O3. The highest BCUT2D eigenvalue weighted by Gasteiger charge is 2.39. The van der Waals surface area contributed by atoms with Gasteiger partial charge < -0.3 is 20.6 Å². The van der Waals surface area contributed by atoms with E-state index in [1.54, 1.807) is 0 Å². The summed E-state index contributed by atoms with van der Waals surface area (Å²) in [6, 6.07) is 21.0. The van der Waals surface area contributed by atoms with E-state index in [-0.39, 0.29) is 18.7 Å². The predicted molar refractivity (Wildman–Crippen MR) is 152 cm³/mol. The first kappa shape index (κ1) is 29.8. The van der Waals surface area contributed by atoms with E-state index in [0.717, 1.165) is 28.9 Å². The lowest BCUT2D eigenvalue weighted by molar-refractivity contribution is -0.137. The summed E-state index contributed by atoms with van der Waals surface area (Å²) < 4.78 is 40.5. The lowest BCUT2D eigenvalue weighted by Crippen LogP contribution is -2.50. The minimum Gasteiger partial charge on any atom is -0.390 e. The molecule has 41 heavy (non-hydrogen) atoms. The molecule has 216 valence electrons. The number of amides is 2. The Morgan fingerprint density at radius 3 is 2.41 bits per heavy atom. The van der Waals surface area contributed by atoms with Crippen LogP contribution in [0.5, 0.6) is 0 Å². The largest absolute Gasteiger partial charge is 0.418 e. The summed E-state index contributed by atoms with van der Waals surface area (Å²) in [6.45, 7) is 0.639. The number of benzene rings is 3. The summed E-state index contributed by atoms with van der Waals surface area (Å²) in [6.07, 6.45) is -5.90. The topological polar surface area (TPSA) is 97.3 Å². The first-order chi connectivity index (χ1) is 19.5. The molecule has 3 N–H and O–H groups in total. The lowest BCUT2D eigenvalue weighted by Gasteiger charge is -2.25. The molecule has 1 aliphatic rings. The van der Waals surface area contributed by atoms with Gasteiger partial charge in [0.25, 0.3) is 11.8 Å². The molecule has 1 aliphatic heterocycles. The zero-order valence-corrected chi connectivity index (χ0v) is 22.7. The van der Waals surface area contributed by atoms with Crippen LogP contribution in [0.2, 0.25) is 0 Å². The third-order valence-corrected chi connectivity index (χ3v) is 6.66. The minimum atomic E-state index is -4.71. The van der Waals surface area contributed by atoms with Crippen LogP contribution in [-0.4, -0.2) is 55.4 Å². The molecule has 2 amide bonds. The van der Waals surface area contributed by atoms with Crippen LogP contribution in [0.3, 0.4) is 0 Å². The number of hydrazone groups is 1. The number of carbonyl (C=O) groups excluding carboxylic acids is 2. The molecule has 0 unspecified atom stereocenters. The Hall–Kier alpha value is -4.22. The number of anilines is 2. The van der Waals surface area contributed by atoms with Crippen molar-refractivity contribution in [2.24, 2.45) is 5.10 Å². The van der Waals surface area contributed by atoms with Crippen LogP contribution >= 0.6 is 0 Å². The maximum atomic E-state index is 13.5. The molecule has 3 aromatic carbocycles. The quantitative estimate of drug-likeness (QED) is 0.328. The van der Waals surface area contributed by atoms with Gasteiger partial charge in [0.05, 0.1) is 29.8 Å². The van der Waals surface area contributed by atoms with Crippen molar-refractivity contribution in [3.63, 3.8) is 0 Å². The fourth-order valence-electron chi connectivity index (χ4n) is 4.50. The number of halogens is 3. The fourth-order valence-corrected chi connectivity index (χ4v) is 4.50. The number of hydrogen-bond acceptors (Lipinski definition) is 6. The third-order valence-electron chi connectivity index (χ3n) is 6.66. The van der Waals surface area contributed by atoms with Crippen LogP contribution in [0.1, 0.15) is 23.1 Å². The second kappa shape index (κ2) is 13.0. The van der Waals surface area contributed by atoms with Gasteiger partial charge in [0.1, 0.15) is 5.71 Å². The van der Waals surface area contributed by atoms with E-state index in [0.29, 0.717) is 11.6 Å². The van der Waals surface area contributed by atoms with Crippen molar-refractivity contribution in [3.8, 4) is 0 Å². The Morgan fingerprint density at radius 1 is 1.02 bits per heavy atom. The average molecular weight is 568 g/mol. The van der Waals surface area contributed by atoms with Gasteiger partial charge in [0, 0.05) is 32.9 Å². The number of aliphatic hydroxyl groups excluding tert-OH is 1. The molecule has 8 nitrogen and oxygen atoms in total. The van der Waals surface area contributed by atoms with Crippen LogP contribution in [0, 0.1) is 0 Å². The van der Waals surface area contributed by atoms with Crippen molar-refractivity contribution in [3.05, 3.63) is 95.6 Å². The van der Waals surface area contributed by atoms with E-state index < -0.39 is 47.8 Å². The van der Waals surface area contributed by atoms with Gasteiger partial charge in [-0.15, -0.1) is 0 Å². The van der Waals surface area contributed by atoms with E-state index in [4.69, 9.17) is 0 Å². The summed E-state index contributed by atoms with van der Waals surface area (Å²) >= 11 is 0. The molecule has 0 aromatic heterocycles. The molecular weight excluding hydrogens is 535 g/mol. The second-order valence-electron chi connectivity index (χ2n) is 9.98. The molecule has 2 atom stereocenters. The summed E-state index contributed by atoms with van der Waals surface area (Å²) in [5.41, 5.74) is 1.21. The Labute approximate surface area is 236 Å². The number of nitrogens with zero attached hydrogens (tertiary/aromatic N) is 3. The van der Waals surface area contributed by atoms with Crippen LogP contribution in [0.25, 0.3) is 0 Å². The molecule has 0 saturated heterocycles. The number of rotatable bonds is 11. The van der Waals surface area contributed by atoms with Crippen molar-refractivity contribution in [1.29, 1.82) is 0 Å². The normalized spacial score (nSPS) is 14.9. The Balaban J connectivity index is 1.47. The fraction of sp³-hybridized carbons (Fsp3) is 0.300. The average Bonchev–Trinajstić information content (AvgIpc) is 3.34.